The predicted molar refractivity (Wildman–Crippen MR) is 114 cm³/mol. The highest BCUT2D eigenvalue weighted by molar-refractivity contribution is 8.00. The largest absolute Gasteiger partial charge is 0.342 e. The molecule has 0 aliphatic carbocycles. The van der Waals surface area contributed by atoms with Crippen LogP contribution in [0.4, 0.5) is 4.39 Å². The minimum Gasteiger partial charge on any atom is -0.342 e. The summed E-state index contributed by atoms with van der Waals surface area (Å²) in [4.78, 5) is 15.9. The van der Waals surface area contributed by atoms with Crippen LogP contribution in [-0.2, 0) is 11.2 Å². The number of hydrogen-bond donors (Lipinski definition) is 0. The van der Waals surface area contributed by atoms with E-state index in [9.17, 15) is 9.18 Å². The summed E-state index contributed by atoms with van der Waals surface area (Å²) >= 11 is 3.58. The van der Waals surface area contributed by atoms with Crippen molar-refractivity contribution in [2.75, 3.05) is 18.8 Å². The van der Waals surface area contributed by atoms with E-state index in [1.165, 1.54) is 11.0 Å². The Morgan fingerprint density at radius 3 is 2.63 bits per heavy atom. The zero-order valence-corrected chi connectivity index (χ0v) is 17.5. The van der Waals surface area contributed by atoms with Gasteiger partial charge in [-0.2, -0.15) is 11.8 Å². The average Bonchev–Trinajstić information content (AvgIpc) is 2.89. The molecule has 1 aliphatic heterocycles. The van der Waals surface area contributed by atoms with E-state index in [0.29, 0.717) is 18.2 Å². The molecule has 0 bridgehead atoms. The van der Waals surface area contributed by atoms with Gasteiger partial charge in [-0.05, 0) is 30.2 Å². The van der Waals surface area contributed by atoms with Gasteiger partial charge in [-0.25, -0.2) is 4.39 Å². The molecule has 1 fully saturated rings. The van der Waals surface area contributed by atoms with Crippen LogP contribution in [0.15, 0.2) is 53.4 Å². The molecule has 1 aliphatic rings. The zero-order chi connectivity index (χ0) is 19.2. The normalized spacial score (nSPS) is 17.8. The van der Waals surface area contributed by atoms with Crippen molar-refractivity contribution in [3.05, 3.63) is 65.5 Å². The van der Waals surface area contributed by atoms with Crippen LogP contribution >= 0.6 is 23.5 Å². The summed E-state index contributed by atoms with van der Waals surface area (Å²) in [5.74, 6) is 0.859. The van der Waals surface area contributed by atoms with Crippen LogP contribution in [0.5, 0.6) is 0 Å². The van der Waals surface area contributed by atoms with Crippen molar-refractivity contribution in [3.63, 3.8) is 0 Å². The molecular weight excluding hydrogens is 377 g/mol. The molecule has 144 valence electrons. The molecule has 1 amide bonds. The van der Waals surface area contributed by atoms with Crippen molar-refractivity contribution in [2.45, 2.75) is 42.1 Å². The standard InChI is InChI=1S/C22H26FNOS2/c1-16(2)27-18-9-7-17(8-10-18)15-22(25)24-12-11-21(26-14-13-24)19-5-3-4-6-20(19)23/h3-10,16,21H,11-15H2,1-2H3. The van der Waals surface area contributed by atoms with Gasteiger partial charge in [0.2, 0.25) is 5.91 Å². The highest BCUT2D eigenvalue weighted by atomic mass is 32.2. The highest BCUT2D eigenvalue weighted by Crippen LogP contribution is 2.35. The van der Waals surface area contributed by atoms with Crippen LogP contribution < -0.4 is 0 Å². The van der Waals surface area contributed by atoms with Gasteiger partial charge >= 0.3 is 0 Å². The summed E-state index contributed by atoms with van der Waals surface area (Å²) in [6, 6.07) is 15.3. The van der Waals surface area contributed by atoms with E-state index in [4.69, 9.17) is 0 Å². The van der Waals surface area contributed by atoms with Crippen molar-refractivity contribution < 1.29 is 9.18 Å². The summed E-state index contributed by atoms with van der Waals surface area (Å²) in [7, 11) is 0. The Morgan fingerprint density at radius 1 is 1.19 bits per heavy atom. The Hall–Kier alpha value is -1.46. The van der Waals surface area contributed by atoms with Gasteiger partial charge in [0.15, 0.2) is 0 Å². The van der Waals surface area contributed by atoms with Gasteiger partial charge < -0.3 is 4.90 Å². The van der Waals surface area contributed by atoms with Gasteiger partial charge in [-0.15, -0.1) is 11.8 Å². The number of amides is 1. The molecule has 0 saturated carbocycles. The van der Waals surface area contributed by atoms with Crippen molar-refractivity contribution in [3.8, 4) is 0 Å². The molecule has 0 N–H and O–H groups in total. The molecular formula is C22H26FNOS2. The van der Waals surface area contributed by atoms with Gasteiger partial charge in [0, 0.05) is 39.8 Å². The number of carbonyl (C=O) groups excluding carboxylic acids is 1. The first kappa shape index (κ1) is 20.3. The maximum Gasteiger partial charge on any atom is 0.227 e. The van der Waals surface area contributed by atoms with E-state index in [-0.39, 0.29) is 17.0 Å². The fourth-order valence-corrected chi connectivity index (χ4v) is 5.34. The predicted octanol–water partition coefficient (Wildman–Crippen LogP) is 5.58. The first-order valence-corrected chi connectivity index (χ1v) is 11.3. The average molecular weight is 404 g/mol. The zero-order valence-electron chi connectivity index (χ0n) is 15.9. The Morgan fingerprint density at radius 2 is 1.93 bits per heavy atom. The van der Waals surface area contributed by atoms with Gasteiger partial charge in [-0.3, -0.25) is 4.79 Å². The first-order chi connectivity index (χ1) is 13.0. The van der Waals surface area contributed by atoms with Crippen molar-refractivity contribution in [1.82, 2.24) is 4.90 Å². The molecule has 1 heterocycles. The smallest absolute Gasteiger partial charge is 0.227 e. The molecule has 0 radical (unpaired) electrons. The fourth-order valence-electron chi connectivity index (χ4n) is 3.25. The lowest BCUT2D eigenvalue weighted by Gasteiger charge is -2.20. The third kappa shape index (κ3) is 5.76. The molecule has 27 heavy (non-hydrogen) atoms. The number of nitrogens with zero attached hydrogens (tertiary/aromatic N) is 1. The number of thioether (sulfide) groups is 2. The second kappa shape index (κ2) is 9.65. The number of hydrogen-bond acceptors (Lipinski definition) is 3. The summed E-state index contributed by atoms with van der Waals surface area (Å²) in [6.07, 6.45) is 1.23. The molecule has 1 saturated heterocycles. The maximum atomic E-state index is 14.1. The summed E-state index contributed by atoms with van der Waals surface area (Å²) in [5.41, 5.74) is 1.81. The van der Waals surface area contributed by atoms with E-state index in [2.05, 4.69) is 38.1 Å². The Balaban J connectivity index is 1.57. The van der Waals surface area contributed by atoms with Crippen molar-refractivity contribution in [2.24, 2.45) is 0 Å². The highest BCUT2D eigenvalue weighted by Gasteiger charge is 2.23. The molecule has 2 nitrogen and oxygen atoms in total. The number of benzene rings is 2. The first-order valence-electron chi connectivity index (χ1n) is 9.42. The SMILES string of the molecule is CC(C)Sc1ccc(CC(=O)N2CCSC(c3ccccc3F)CC2)cc1. The van der Waals surface area contributed by atoms with Crippen LogP contribution in [0.25, 0.3) is 0 Å². The summed E-state index contributed by atoms with van der Waals surface area (Å²) < 4.78 is 14.1. The van der Waals surface area contributed by atoms with E-state index in [0.717, 1.165) is 29.8 Å². The quantitative estimate of drug-likeness (QED) is 0.608. The van der Waals surface area contributed by atoms with Gasteiger partial charge in [0.25, 0.3) is 0 Å². The molecule has 0 aromatic heterocycles. The van der Waals surface area contributed by atoms with E-state index >= 15 is 0 Å². The fraction of sp³-hybridized carbons (Fsp3) is 0.409. The third-order valence-corrected chi connectivity index (χ3v) is 6.92. The van der Waals surface area contributed by atoms with E-state index in [1.54, 1.807) is 17.8 Å². The van der Waals surface area contributed by atoms with Crippen molar-refractivity contribution >= 4 is 29.4 Å². The van der Waals surface area contributed by atoms with Crippen LogP contribution in [-0.4, -0.2) is 34.9 Å². The molecule has 1 atom stereocenters. The lowest BCUT2D eigenvalue weighted by Crippen LogP contribution is -2.34. The molecule has 1 unspecified atom stereocenters. The van der Waals surface area contributed by atoms with Crippen LogP contribution in [0.3, 0.4) is 0 Å². The van der Waals surface area contributed by atoms with Crippen LogP contribution in [0, 0.1) is 5.82 Å². The second-order valence-electron chi connectivity index (χ2n) is 7.04. The minimum absolute atomic E-state index is 0.122. The van der Waals surface area contributed by atoms with Gasteiger partial charge in [0.1, 0.15) is 5.82 Å². The van der Waals surface area contributed by atoms with E-state index < -0.39 is 0 Å². The number of carbonyl (C=O) groups is 1. The summed E-state index contributed by atoms with van der Waals surface area (Å²) in [5, 5.41) is 0.672. The monoisotopic (exact) mass is 403 g/mol. The molecule has 2 aromatic rings. The van der Waals surface area contributed by atoms with E-state index in [1.807, 2.05) is 28.8 Å². The Labute approximate surface area is 169 Å². The number of rotatable bonds is 5. The maximum absolute atomic E-state index is 14.1. The number of halogens is 1. The molecule has 0 spiro atoms. The van der Waals surface area contributed by atoms with Crippen molar-refractivity contribution in [1.29, 1.82) is 0 Å². The Kier molecular flexibility index (Phi) is 7.25. The minimum atomic E-state index is -0.144. The lowest BCUT2D eigenvalue weighted by atomic mass is 10.1. The lowest BCUT2D eigenvalue weighted by molar-refractivity contribution is -0.130. The van der Waals surface area contributed by atoms with Crippen LogP contribution in [0.2, 0.25) is 0 Å². The van der Waals surface area contributed by atoms with Crippen LogP contribution in [0.1, 0.15) is 36.6 Å². The third-order valence-electron chi connectivity index (χ3n) is 4.60. The topological polar surface area (TPSA) is 20.3 Å². The van der Waals surface area contributed by atoms with Gasteiger partial charge in [-0.1, -0.05) is 44.2 Å². The summed E-state index contributed by atoms with van der Waals surface area (Å²) in [6.45, 7) is 5.77. The second-order valence-corrected chi connectivity index (χ2v) is 10.00. The Bertz CT molecular complexity index is 763. The molecule has 2 aromatic carbocycles. The molecule has 3 rings (SSSR count). The molecule has 5 heteroatoms. The van der Waals surface area contributed by atoms with Gasteiger partial charge in [0.05, 0.1) is 6.42 Å².